The molecule has 0 aliphatic carbocycles. The van der Waals surface area contributed by atoms with Crippen LogP contribution in [0.3, 0.4) is 0 Å². The van der Waals surface area contributed by atoms with Crippen LogP contribution in [0.25, 0.3) is 0 Å². The second-order valence-corrected chi connectivity index (χ2v) is 9.29. The summed E-state index contributed by atoms with van der Waals surface area (Å²) in [6.07, 6.45) is 3.37. The van der Waals surface area contributed by atoms with Gasteiger partial charge in [-0.2, -0.15) is 0 Å². The van der Waals surface area contributed by atoms with E-state index < -0.39 is 10.8 Å². The van der Waals surface area contributed by atoms with E-state index in [1.165, 1.54) is 0 Å². The average molecular weight is 468 g/mol. The lowest BCUT2D eigenvalue weighted by Gasteiger charge is -2.23. The molecule has 0 spiro atoms. The Kier molecular flexibility index (Phi) is 6.01. The number of anilines is 1. The summed E-state index contributed by atoms with van der Waals surface area (Å²) in [6, 6.07) is 25.2. The quantitative estimate of drug-likeness (QED) is 0.474. The Morgan fingerprint density at radius 2 is 1.65 bits per heavy atom. The molecule has 1 aromatic heterocycles. The minimum Gasteiger partial charge on any atom is -0.348 e. The standard InChI is InChI=1S/C27H21N3O3S/c31-26(29-17-20-9-6-14-28-16-20)21-12-13-25-23(15-21)30(18-19-7-2-1-3-8-19)27(32)22-10-4-5-11-24(22)34(25)33/h1-16H,17-18H2,(H,29,31)/t34-/m0/s1. The van der Waals surface area contributed by atoms with Crippen LogP contribution in [0.2, 0.25) is 0 Å². The van der Waals surface area contributed by atoms with Gasteiger partial charge in [-0.25, -0.2) is 4.21 Å². The molecule has 7 heteroatoms. The molecule has 0 unspecified atom stereocenters. The molecule has 0 fully saturated rings. The topological polar surface area (TPSA) is 79.4 Å². The maximum Gasteiger partial charge on any atom is 0.259 e. The van der Waals surface area contributed by atoms with E-state index in [0.29, 0.717) is 39.7 Å². The van der Waals surface area contributed by atoms with E-state index in [1.54, 1.807) is 59.8 Å². The summed E-state index contributed by atoms with van der Waals surface area (Å²) in [5, 5.41) is 2.88. The van der Waals surface area contributed by atoms with Crippen molar-refractivity contribution in [3.63, 3.8) is 0 Å². The zero-order chi connectivity index (χ0) is 23.5. The lowest BCUT2D eigenvalue weighted by molar-refractivity contribution is 0.0947. The summed E-state index contributed by atoms with van der Waals surface area (Å²) in [7, 11) is -1.56. The van der Waals surface area contributed by atoms with Crippen LogP contribution in [0.5, 0.6) is 0 Å². The Morgan fingerprint density at radius 3 is 2.44 bits per heavy atom. The van der Waals surface area contributed by atoms with Gasteiger partial charge < -0.3 is 10.2 Å². The molecular formula is C27H21N3O3S. The van der Waals surface area contributed by atoms with Crippen LogP contribution in [-0.2, 0) is 23.9 Å². The lowest BCUT2D eigenvalue weighted by Crippen LogP contribution is -2.31. The highest BCUT2D eigenvalue weighted by Crippen LogP contribution is 2.36. The molecule has 1 atom stereocenters. The molecule has 0 bridgehead atoms. The van der Waals surface area contributed by atoms with E-state index in [4.69, 9.17) is 0 Å². The molecule has 5 rings (SSSR count). The number of rotatable bonds is 5. The second kappa shape index (κ2) is 9.41. The normalized spacial score (nSPS) is 14.6. The first-order valence-corrected chi connectivity index (χ1v) is 11.9. The first-order chi connectivity index (χ1) is 16.6. The zero-order valence-electron chi connectivity index (χ0n) is 18.2. The van der Waals surface area contributed by atoms with Crippen molar-refractivity contribution < 1.29 is 13.8 Å². The molecule has 34 heavy (non-hydrogen) atoms. The summed E-state index contributed by atoms with van der Waals surface area (Å²) in [5.74, 6) is -0.536. The Balaban J connectivity index is 1.54. The van der Waals surface area contributed by atoms with Crippen molar-refractivity contribution in [1.29, 1.82) is 0 Å². The fraction of sp³-hybridized carbons (Fsp3) is 0.0741. The summed E-state index contributed by atoms with van der Waals surface area (Å²) in [6.45, 7) is 0.618. The van der Waals surface area contributed by atoms with E-state index in [9.17, 15) is 13.8 Å². The van der Waals surface area contributed by atoms with E-state index in [1.807, 2.05) is 42.5 Å². The minimum absolute atomic E-state index is 0.250. The van der Waals surface area contributed by atoms with Gasteiger partial charge in [0.15, 0.2) is 0 Å². The number of amides is 2. The number of aromatic nitrogens is 1. The third-order valence-electron chi connectivity index (χ3n) is 5.63. The van der Waals surface area contributed by atoms with Gasteiger partial charge in [0.25, 0.3) is 11.8 Å². The third-order valence-corrected chi connectivity index (χ3v) is 7.13. The molecule has 0 saturated heterocycles. The number of nitrogens with one attached hydrogen (secondary N) is 1. The predicted molar refractivity (Wildman–Crippen MR) is 130 cm³/mol. The van der Waals surface area contributed by atoms with Crippen LogP contribution in [0.15, 0.2) is 107 Å². The van der Waals surface area contributed by atoms with E-state index >= 15 is 0 Å². The first-order valence-electron chi connectivity index (χ1n) is 10.8. The summed E-state index contributed by atoms with van der Waals surface area (Å²) in [5.41, 5.74) is 3.06. The van der Waals surface area contributed by atoms with E-state index in [2.05, 4.69) is 10.3 Å². The fourth-order valence-corrected chi connectivity index (χ4v) is 5.26. The number of fused-ring (bicyclic) bond motifs is 2. The van der Waals surface area contributed by atoms with Crippen LogP contribution in [0.1, 0.15) is 31.8 Å². The molecule has 2 heterocycles. The molecule has 0 saturated carbocycles. The van der Waals surface area contributed by atoms with Crippen molar-refractivity contribution in [2.75, 3.05) is 4.90 Å². The lowest BCUT2D eigenvalue weighted by atomic mass is 10.1. The van der Waals surface area contributed by atoms with Gasteiger partial charge in [-0.3, -0.25) is 14.6 Å². The maximum absolute atomic E-state index is 13.6. The fourth-order valence-electron chi connectivity index (χ4n) is 3.91. The Bertz CT molecular complexity index is 1390. The Labute approximate surface area is 199 Å². The highest BCUT2D eigenvalue weighted by Gasteiger charge is 2.31. The largest absolute Gasteiger partial charge is 0.348 e. The van der Waals surface area contributed by atoms with Crippen LogP contribution < -0.4 is 10.2 Å². The molecule has 6 nitrogen and oxygen atoms in total. The molecule has 3 aromatic carbocycles. The van der Waals surface area contributed by atoms with Crippen molar-refractivity contribution in [3.8, 4) is 0 Å². The molecule has 1 aliphatic heterocycles. The molecule has 1 N–H and O–H groups in total. The van der Waals surface area contributed by atoms with Crippen LogP contribution in [-0.4, -0.2) is 21.0 Å². The Hall–Kier alpha value is -4.10. The van der Waals surface area contributed by atoms with Crippen LogP contribution >= 0.6 is 0 Å². The molecule has 2 amide bonds. The van der Waals surface area contributed by atoms with Crippen LogP contribution in [0, 0.1) is 0 Å². The second-order valence-electron chi connectivity index (χ2n) is 7.87. The van der Waals surface area contributed by atoms with Crippen LogP contribution in [0.4, 0.5) is 5.69 Å². The monoisotopic (exact) mass is 467 g/mol. The number of hydrogen-bond donors (Lipinski definition) is 1. The molecule has 1 aliphatic rings. The van der Waals surface area contributed by atoms with Gasteiger partial charge in [-0.15, -0.1) is 0 Å². The van der Waals surface area contributed by atoms with Gasteiger partial charge in [-0.05, 0) is 47.5 Å². The highest BCUT2D eigenvalue weighted by molar-refractivity contribution is 7.85. The number of hydrogen-bond acceptors (Lipinski definition) is 4. The summed E-state index contributed by atoms with van der Waals surface area (Å²) in [4.78, 5) is 33.2. The SMILES string of the molecule is O=C(NCc1cccnc1)c1ccc2c(c1)N(Cc1ccccc1)C(=O)c1ccccc1[S@@]2=O. The highest BCUT2D eigenvalue weighted by atomic mass is 32.2. The number of benzene rings is 3. The van der Waals surface area contributed by atoms with E-state index in [0.717, 1.165) is 11.1 Å². The molecular weight excluding hydrogens is 446 g/mol. The van der Waals surface area contributed by atoms with Crippen molar-refractivity contribution in [2.24, 2.45) is 0 Å². The average Bonchev–Trinajstić information content (AvgIpc) is 2.98. The van der Waals surface area contributed by atoms with Crippen molar-refractivity contribution in [3.05, 3.63) is 120 Å². The van der Waals surface area contributed by atoms with Crippen molar-refractivity contribution in [2.45, 2.75) is 22.9 Å². The summed E-state index contributed by atoms with van der Waals surface area (Å²) < 4.78 is 13.5. The van der Waals surface area contributed by atoms with Crippen molar-refractivity contribution >= 4 is 28.3 Å². The van der Waals surface area contributed by atoms with Crippen molar-refractivity contribution in [1.82, 2.24) is 10.3 Å². The van der Waals surface area contributed by atoms with Gasteiger partial charge in [0.2, 0.25) is 0 Å². The number of nitrogens with zero attached hydrogens (tertiary/aromatic N) is 2. The smallest absolute Gasteiger partial charge is 0.259 e. The van der Waals surface area contributed by atoms with Gasteiger partial charge in [0.1, 0.15) is 0 Å². The van der Waals surface area contributed by atoms with Gasteiger partial charge in [0.05, 0.1) is 38.4 Å². The third kappa shape index (κ3) is 4.25. The number of carbonyl (C=O) groups excluding carboxylic acids is 2. The zero-order valence-corrected chi connectivity index (χ0v) is 19.0. The van der Waals surface area contributed by atoms with Gasteiger partial charge in [-0.1, -0.05) is 48.5 Å². The molecule has 0 radical (unpaired) electrons. The molecule has 4 aromatic rings. The van der Waals surface area contributed by atoms with Gasteiger partial charge >= 0.3 is 0 Å². The number of pyridine rings is 1. The van der Waals surface area contributed by atoms with Gasteiger partial charge in [0, 0.05) is 24.5 Å². The Morgan fingerprint density at radius 1 is 0.882 bits per heavy atom. The van der Waals surface area contributed by atoms with E-state index in [-0.39, 0.29) is 11.8 Å². The first kappa shape index (κ1) is 21.7. The number of carbonyl (C=O) groups is 2. The summed E-state index contributed by atoms with van der Waals surface area (Å²) >= 11 is 0. The predicted octanol–water partition coefficient (Wildman–Crippen LogP) is 4.34. The molecule has 168 valence electrons. The maximum atomic E-state index is 13.6. The minimum atomic E-state index is -1.56.